The van der Waals surface area contributed by atoms with Crippen molar-refractivity contribution in [1.82, 2.24) is 4.90 Å². The number of rotatable bonds is 5. The second kappa shape index (κ2) is 7.44. The minimum Gasteiger partial charge on any atom is -0.491 e. The summed E-state index contributed by atoms with van der Waals surface area (Å²) in [6.07, 6.45) is -4.72. The summed E-state index contributed by atoms with van der Waals surface area (Å²) in [5, 5.41) is -0.513. The molecule has 1 heterocycles. The number of carbonyl (C=O) groups excluding carboxylic acids is 2. The highest BCUT2D eigenvalue weighted by Gasteiger charge is 2.41. The van der Waals surface area contributed by atoms with Crippen LogP contribution in [0.2, 0.25) is 5.02 Å². The van der Waals surface area contributed by atoms with Crippen LogP contribution in [0.1, 0.15) is 26.3 Å². The number of fused-ring (bicyclic) bond motifs is 1. The summed E-state index contributed by atoms with van der Waals surface area (Å²) < 4.78 is 45.1. The third-order valence-corrected chi connectivity index (χ3v) is 4.52. The van der Waals surface area contributed by atoms with Crippen molar-refractivity contribution in [2.24, 2.45) is 0 Å². The van der Waals surface area contributed by atoms with Crippen LogP contribution in [0.15, 0.2) is 36.4 Å². The van der Waals surface area contributed by atoms with Gasteiger partial charge in [0.1, 0.15) is 12.4 Å². The summed E-state index contributed by atoms with van der Waals surface area (Å²) in [5.41, 5.74) is -1.21. The Morgan fingerprint density at radius 1 is 1.11 bits per heavy atom. The van der Waals surface area contributed by atoms with Crippen molar-refractivity contribution in [2.45, 2.75) is 6.18 Å². The van der Waals surface area contributed by atoms with E-state index < -0.39 is 28.6 Å². The van der Waals surface area contributed by atoms with Crippen molar-refractivity contribution >= 4 is 29.1 Å². The number of benzene rings is 2. The first-order valence-electron chi connectivity index (χ1n) is 8.27. The van der Waals surface area contributed by atoms with Crippen molar-refractivity contribution in [3.8, 4) is 5.75 Å². The molecule has 1 aliphatic rings. The molecule has 148 valence electrons. The van der Waals surface area contributed by atoms with E-state index in [-0.39, 0.29) is 29.2 Å². The maximum atomic E-state index is 13.1. The first-order valence-corrected chi connectivity index (χ1v) is 8.65. The molecular formula is C19H16ClF3N2O3. The number of likely N-dealkylation sites (N-methyl/N-ethyl adjacent to an activating group) is 1. The SMILES string of the molecule is CN(C)CCOc1cccc2c1C(=O)N(c1ccc(Cl)c(C(F)(F)F)c1)C2=O. The lowest BCUT2D eigenvalue weighted by atomic mass is 10.1. The van der Waals surface area contributed by atoms with Crippen LogP contribution < -0.4 is 9.64 Å². The van der Waals surface area contributed by atoms with E-state index in [1.54, 1.807) is 12.1 Å². The van der Waals surface area contributed by atoms with Gasteiger partial charge in [-0.2, -0.15) is 13.2 Å². The van der Waals surface area contributed by atoms with E-state index in [0.717, 1.165) is 6.07 Å². The molecule has 0 radical (unpaired) electrons. The molecule has 0 saturated carbocycles. The Hall–Kier alpha value is -2.58. The normalized spacial score (nSPS) is 14.0. The molecule has 0 aliphatic carbocycles. The Labute approximate surface area is 164 Å². The maximum Gasteiger partial charge on any atom is 0.417 e. The van der Waals surface area contributed by atoms with Gasteiger partial charge in [0.25, 0.3) is 11.8 Å². The number of alkyl halides is 3. The molecule has 2 aromatic carbocycles. The summed E-state index contributed by atoms with van der Waals surface area (Å²) in [7, 11) is 3.71. The van der Waals surface area contributed by atoms with Gasteiger partial charge in [0, 0.05) is 6.54 Å². The molecule has 0 bridgehead atoms. The number of hydrogen-bond donors (Lipinski definition) is 0. The highest BCUT2D eigenvalue weighted by Crippen LogP contribution is 2.39. The van der Waals surface area contributed by atoms with Gasteiger partial charge in [0.15, 0.2) is 0 Å². The fraction of sp³-hybridized carbons (Fsp3) is 0.263. The van der Waals surface area contributed by atoms with E-state index in [9.17, 15) is 22.8 Å². The highest BCUT2D eigenvalue weighted by atomic mass is 35.5. The van der Waals surface area contributed by atoms with Crippen LogP contribution >= 0.6 is 11.6 Å². The summed E-state index contributed by atoms with van der Waals surface area (Å²) in [6, 6.07) is 7.45. The predicted molar refractivity (Wildman–Crippen MR) is 98.1 cm³/mol. The van der Waals surface area contributed by atoms with Crippen LogP contribution in [0.5, 0.6) is 5.75 Å². The van der Waals surface area contributed by atoms with E-state index in [1.807, 2.05) is 19.0 Å². The van der Waals surface area contributed by atoms with Gasteiger partial charge in [0.2, 0.25) is 0 Å². The summed E-state index contributed by atoms with van der Waals surface area (Å²) in [4.78, 5) is 28.2. The minimum absolute atomic E-state index is 0.0368. The fourth-order valence-electron chi connectivity index (χ4n) is 2.82. The van der Waals surface area contributed by atoms with Crippen LogP contribution in [0.25, 0.3) is 0 Å². The number of imide groups is 1. The van der Waals surface area contributed by atoms with Gasteiger partial charge in [-0.3, -0.25) is 9.59 Å². The first kappa shape index (κ1) is 20.2. The van der Waals surface area contributed by atoms with Crippen LogP contribution in [-0.4, -0.2) is 44.0 Å². The van der Waals surface area contributed by atoms with Gasteiger partial charge in [-0.05, 0) is 44.4 Å². The molecule has 5 nitrogen and oxygen atoms in total. The summed E-state index contributed by atoms with van der Waals surface area (Å²) >= 11 is 5.63. The molecule has 0 atom stereocenters. The zero-order chi connectivity index (χ0) is 20.6. The molecule has 0 N–H and O–H groups in total. The zero-order valence-electron chi connectivity index (χ0n) is 15.0. The highest BCUT2D eigenvalue weighted by molar-refractivity contribution is 6.35. The molecule has 9 heteroatoms. The average Bonchev–Trinajstić information content (AvgIpc) is 2.86. The van der Waals surface area contributed by atoms with Gasteiger partial charge in [-0.25, -0.2) is 4.90 Å². The molecule has 3 rings (SSSR count). The largest absolute Gasteiger partial charge is 0.491 e. The lowest BCUT2D eigenvalue weighted by Gasteiger charge is -2.17. The number of anilines is 1. The number of amides is 2. The molecule has 0 fully saturated rings. The van der Waals surface area contributed by atoms with Gasteiger partial charge in [-0.1, -0.05) is 17.7 Å². The van der Waals surface area contributed by atoms with Crippen LogP contribution in [-0.2, 0) is 6.18 Å². The summed E-state index contributed by atoms with van der Waals surface area (Å²) in [6.45, 7) is 0.867. The number of nitrogens with zero attached hydrogens (tertiary/aromatic N) is 2. The molecule has 1 aliphatic heterocycles. The zero-order valence-corrected chi connectivity index (χ0v) is 15.8. The predicted octanol–water partition coefficient (Wildman–Crippen LogP) is 4.10. The summed E-state index contributed by atoms with van der Waals surface area (Å²) in [5.74, 6) is -1.24. The topological polar surface area (TPSA) is 49.9 Å². The standard InChI is InChI=1S/C19H16ClF3N2O3/c1-24(2)8-9-28-15-5-3-4-12-16(15)18(27)25(17(12)26)11-6-7-14(20)13(10-11)19(21,22)23/h3-7,10H,8-9H2,1-2H3. The van der Waals surface area contributed by atoms with Crippen molar-refractivity contribution in [3.63, 3.8) is 0 Å². The molecule has 2 amide bonds. The molecular weight excluding hydrogens is 397 g/mol. The minimum atomic E-state index is -4.72. The molecule has 0 saturated heterocycles. The number of ether oxygens (including phenoxy) is 1. The van der Waals surface area contributed by atoms with Gasteiger partial charge in [-0.15, -0.1) is 0 Å². The van der Waals surface area contributed by atoms with E-state index in [1.165, 1.54) is 12.1 Å². The maximum absolute atomic E-state index is 13.1. The third-order valence-electron chi connectivity index (χ3n) is 4.19. The fourth-order valence-corrected chi connectivity index (χ4v) is 3.04. The van der Waals surface area contributed by atoms with Crippen molar-refractivity contribution < 1.29 is 27.5 Å². The van der Waals surface area contributed by atoms with Crippen LogP contribution in [0, 0.1) is 0 Å². The quantitative estimate of drug-likeness (QED) is 0.694. The van der Waals surface area contributed by atoms with Crippen LogP contribution in [0.3, 0.4) is 0 Å². The molecule has 2 aromatic rings. The second-order valence-corrected chi connectivity index (χ2v) is 6.85. The smallest absolute Gasteiger partial charge is 0.417 e. The molecule has 28 heavy (non-hydrogen) atoms. The monoisotopic (exact) mass is 412 g/mol. The lowest BCUT2D eigenvalue weighted by Crippen LogP contribution is -2.29. The van der Waals surface area contributed by atoms with Gasteiger partial charge < -0.3 is 9.64 Å². The van der Waals surface area contributed by atoms with E-state index in [2.05, 4.69) is 0 Å². The Morgan fingerprint density at radius 3 is 2.46 bits per heavy atom. The van der Waals surface area contributed by atoms with Crippen molar-refractivity contribution in [3.05, 3.63) is 58.1 Å². The van der Waals surface area contributed by atoms with Crippen LogP contribution in [0.4, 0.5) is 18.9 Å². The van der Waals surface area contributed by atoms with E-state index in [0.29, 0.717) is 17.5 Å². The molecule has 0 unspecified atom stereocenters. The molecule has 0 aromatic heterocycles. The van der Waals surface area contributed by atoms with Crippen molar-refractivity contribution in [2.75, 3.05) is 32.1 Å². The van der Waals surface area contributed by atoms with Gasteiger partial charge in [0.05, 0.1) is 27.4 Å². The Kier molecular flexibility index (Phi) is 5.36. The lowest BCUT2D eigenvalue weighted by molar-refractivity contribution is -0.137. The Morgan fingerprint density at radius 2 is 1.82 bits per heavy atom. The van der Waals surface area contributed by atoms with E-state index in [4.69, 9.17) is 16.3 Å². The van der Waals surface area contributed by atoms with E-state index >= 15 is 0 Å². The first-order chi connectivity index (χ1) is 13.1. The number of halogens is 4. The van der Waals surface area contributed by atoms with Gasteiger partial charge >= 0.3 is 6.18 Å². The molecule has 0 spiro atoms. The Balaban J connectivity index is 1.98. The third kappa shape index (κ3) is 3.70. The second-order valence-electron chi connectivity index (χ2n) is 6.44. The Bertz CT molecular complexity index is 945. The number of carbonyl (C=O) groups is 2. The van der Waals surface area contributed by atoms with Crippen molar-refractivity contribution in [1.29, 1.82) is 0 Å². The average molecular weight is 413 g/mol. The number of hydrogen-bond acceptors (Lipinski definition) is 4.